The summed E-state index contributed by atoms with van der Waals surface area (Å²) >= 11 is 0. The summed E-state index contributed by atoms with van der Waals surface area (Å²) in [6.45, 7) is 1.80. The third-order valence-electron chi connectivity index (χ3n) is 1.51. The summed E-state index contributed by atoms with van der Waals surface area (Å²) in [5.41, 5.74) is 0.486. The molecule has 1 heterocycles. The molecule has 0 aliphatic heterocycles. The molecule has 1 N–H and O–H groups in total. The lowest BCUT2D eigenvalue weighted by Crippen LogP contribution is -2.10. The zero-order chi connectivity index (χ0) is 8.27. The normalized spacial score (nSPS) is 12.8. The Labute approximate surface area is 63.9 Å². The van der Waals surface area contributed by atoms with Crippen LogP contribution >= 0.6 is 0 Å². The van der Waals surface area contributed by atoms with Crippen molar-refractivity contribution in [2.45, 2.75) is 19.3 Å². The number of aromatic nitrogens is 1. The molecule has 4 heteroatoms. The molecule has 0 radical (unpaired) electrons. The number of nitrogens with zero attached hydrogens (tertiary/aromatic N) is 1. The molecule has 1 aromatic heterocycles. The second-order valence-electron chi connectivity index (χ2n) is 2.21. The van der Waals surface area contributed by atoms with Crippen LogP contribution in [-0.4, -0.2) is 16.1 Å². The zero-order valence-electron chi connectivity index (χ0n) is 6.15. The van der Waals surface area contributed by atoms with Crippen LogP contribution in [0.2, 0.25) is 0 Å². The van der Waals surface area contributed by atoms with Gasteiger partial charge in [0.1, 0.15) is 12.2 Å². The molecule has 4 nitrogen and oxygen atoms in total. The highest BCUT2D eigenvalue weighted by Crippen LogP contribution is 2.16. The number of carboxylic acids is 1. The van der Waals surface area contributed by atoms with Gasteiger partial charge in [-0.3, -0.25) is 4.79 Å². The monoisotopic (exact) mass is 155 g/mol. The number of oxazole rings is 1. The van der Waals surface area contributed by atoms with Crippen molar-refractivity contribution < 1.29 is 14.3 Å². The highest BCUT2D eigenvalue weighted by molar-refractivity contribution is 5.75. The van der Waals surface area contributed by atoms with Crippen LogP contribution in [0.25, 0.3) is 0 Å². The summed E-state index contributed by atoms with van der Waals surface area (Å²) in [6.07, 6.45) is 3.13. The van der Waals surface area contributed by atoms with Crippen LogP contribution < -0.4 is 0 Å². The Morgan fingerprint density at radius 3 is 3.00 bits per heavy atom. The van der Waals surface area contributed by atoms with E-state index in [1.807, 2.05) is 0 Å². The first kappa shape index (κ1) is 7.78. The molecule has 0 aromatic carbocycles. The molecule has 11 heavy (non-hydrogen) atoms. The second kappa shape index (κ2) is 3.18. The number of carbonyl (C=O) groups is 1. The second-order valence-corrected chi connectivity index (χ2v) is 2.21. The Morgan fingerprint density at radius 2 is 2.64 bits per heavy atom. The first-order chi connectivity index (χ1) is 5.25. The Balaban J connectivity index is 2.79. The van der Waals surface area contributed by atoms with Crippen molar-refractivity contribution in [3.05, 3.63) is 18.4 Å². The van der Waals surface area contributed by atoms with Crippen LogP contribution in [0.5, 0.6) is 0 Å². The summed E-state index contributed by atoms with van der Waals surface area (Å²) < 4.78 is 4.67. The fraction of sp³-hybridized carbons (Fsp3) is 0.429. The molecule has 0 aliphatic carbocycles. The summed E-state index contributed by atoms with van der Waals surface area (Å²) in [5, 5.41) is 8.66. The minimum Gasteiger partial charge on any atom is -0.481 e. The van der Waals surface area contributed by atoms with E-state index in [9.17, 15) is 4.79 Å². The average molecular weight is 155 g/mol. The van der Waals surface area contributed by atoms with Crippen molar-refractivity contribution in [3.8, 4) is 0 Å². The summed E-state index contributed by atoms with van der Waals surface area (Å²) in [4.78, 5) is 14.3. The van der Waals surface area contributed by atoms with Gasteiger partial charge < -0.3 is 9.52 Å². The predicted molar refractivity (Wildman–Crippen MR) is 37.2 cm³/mol. The molecule has 60 valence electrons. The van der Waals surface area contributed by atoms with Crippen molar-refractivity contribution in [1.29, 1.82) is 0 Å². The SMILES string of the molecule is CCC(C(=O)O)c1cocn1. The van der Waals surface area contributed by atoms with Gasteiger partial charge in [-0.1, -0.05) is 6.92 Å². The molecule has 1 atom stereocenters. The number of aliphatic carboxylic acids is 1. The molecular formula is C7H9NO3. The Kier molecular flexibility index (Phi) is 2.25. The third-order valence-corrected chi connectivity index (χ3v) is 1.51. The number of hydrogen-bond donors (Lipinski definition) is 1. The molecule has 0 saturated heterocycles. The predicted octanol–water partition coefficient (Wildman–Crippen LogP) is 1.25. The van der Waals surface area contributed by atoms with Gasteiger partial charge in [0.15, 0.2) is 6.39 Å². The largest absolute Gasteiger partial charge is 0.481 e. The van der Waals surface area contributed by atoms with Crippen molar-refractivity contribution >= 4 is 5.97 Å². The van der Waals surface area contributed by atoms with E-state index in [0.29, 0.717) is 12.1 Å². The molecule has 0 spiro atoms. The smallest absolute Gasteiger partial charge is 0.312 e. The quantitative estimate of drug-likeness (QED) is 0.713. The third kappa shape index (κ3) is 1.58. The molecule has 1 unspecified atom stereocenters. The van der Waals surface area contributed by atoms with Gasteiger partial charge in [0.05, 0.1) is 5.69 Å². The fourth-order valence-electron chi connectivity index (χ4n) is 0.904. The van der Waals surface area contributed by atoms with E-state index >= 15 is 0 Å². The van der Waals surface area contributed by atoms with E-state index in [1.54, 1.807) is 6.92 Å². The van der Waals surface area contributed by atoms with Crippen molar-refractivity contribution in [3.63, 3.8) is 0 Å². The maximum atomic E-state index is 10.5. The number of carboxylic acid groups (broad SMARTS) is 1. The van der Waals surface area contributed by atoms with Crippen LogP contribution in [-0.2, 0) is 4.79 Å². The first-order valence-electron chi connectivity index (χ1n) is 3.36. The Morgan fingerprint density at radius 1 is 1.91 bits per heavy atom. The standard InChI is InChI=1S/C7H9NO3/c1-2-5(7(9)10)6-3-11-4-8-6/h3-5H,2H2,1H3,(H,9,10). The van der Waals surface area contributed by atoms with Gasteiger partial charge in [0, 0.05) is 0 Å². The van der Waals surface area contributed by atoms with Crippen LogP contribution in [0.15, 0.2) is 17.1 Å². The molecule has 0 bridgehead atoms. The van der Waals surface area contributed by atoms with Gasteiger partial charge in [-0.2, -0.15) is 0 Å². The summed E-state index contributed by atoms with van der Waals surface area (Å²) in [6, 6.07) is 0. The van der Waals surface area contributed by atoms with E-state index in [1.165, 1.54) is 12.7 Å². The lowest BCUT2D eigenvalue weighted by atomic mass is 10.0. The van der Waals surface area contributed by atoms with Crippen molar-refractivity contribution in [1.82, 2.24) is 4.98 Å². The van der Waals surface area contributed by atoms with Gasteiger partial charge in [0.2, 0.25) is 0 Å². The molecular weight excluding hydrogens is 146 g/mol. The van der Waals surface area contributed by atoms with Gasteiger partial charge in [-0.15, -0.1) is 0 Å². The van der Waals surface area contributed by atoms with E-state index < -0.39 is 11.9 Å². The van der Waals surface area contributed by atoms with Crippen LogP contribution in [0.4, 0.5) is 0 Å². The molecule has 1 rings (SSSR count). The van der Waals surface area contributed by atoms with E-state index in [0.717, 1.165) is 0 Å². The number of hydrogen-bond acceptors (Lipinski definition) is 3. The topological polar surface area (TPSA) is 63.3 Å². The Hall–Kier alpha value is -1.32. The van der Waals surface area contributed by atoms with Gasteiger partial charge in [0.25, 0.3) is 0 Å². The lowest BCUT2D eigenvalue weighted by molar-refractivity contribution is -0.138. The fourth-order valence-corrected chi connectivity index (χ4v) is 0.904. The molecule has 0 amide bonds. The Bertz CT molecular complexity index is 230. The molecule has 0 saturated carbocycles. The molecule has 1 aromatic rings. The van der Waals surface area contributed by atoms with Gasteiger partial charge in [-0.05, 0) is 6.42 Å². The highest BCUT2D eigenvalue weighted by atomic mass is 16.4. The summed E-state index contributed by atoms with van der Waals surface area (Å²) in [5.74, 6) is -1.39. The summed E-state index contributed by atoms with van der Waals surface area (Å²) in [7, 11) is 0. The van der Waals surface area contributed by atoms with E-state index in [2.05, 4.69) is 9.40 Å². The maximum absolute atomic E-state index is 10.5. The number of rotatable bonds is 3. The van der Waals surface area contributed by atoms with Crippen LogP contribution in [0, 0.1) is 0 Å². The van der Waals surface area contributed by atoms with Crippen molar-refractivity contribution in [2.75, 3.05) is 0 Å². The van der Waals surface area contributed by atoms with Crippen LogP contribution in [0.1, 0.15) is 25.0 Å². The average Bonchev–Trinajstić information content (AvgIpc) is 2.40. The van der Waals surface area contributed by atoms with Crippen LogP contribution in [0.3, 0.4) is 0 Å². The lowest BCUT2D eigenvalue weighted by Gasteiger charge is -2.03. The van der Waals surface area contributed by atoms with Gasteiger partial charge >= 0.3 is 5.97 Å². The van der Waals surface area contributed by atoms with Gasteiger partial charge in [-0.25, -0.2) is 4.98 Å². The van der Waals surface area contributed by atoms with E-state index in [4.69, 9.17) is 5.11 Å². The first-order valence-corrected chi connectivity index (χ1v) is 3.36. The molecule has 0 fully saturated rings. The molecule has 0 aliphatic rings. The minimum absolute atomic E-state index is 0.486. The minimum atomic E-state index is -0.860. The maximum Gasteiger partial charge on any atom is 0.312 e. The van der Waals surface area contributed by atoms with Crippen molar-refractivity contribution in [2.24, 2.45) is 0 Å². The highest BCUT2D eigenvalue weighted by Gasteiger charge is 2.19. The van der Waals surface area contributed by atoms with E-state index in [-0.39, 0.29) is 0 Å². The zero-order valence-corrected chi connectivity index (χ0v) is 6.15.